The molecule has 7 heteroatoms. The fraction of sp³-hybridized carbons (Fsp3) is 0.353. The zero-order chi connectivity index (χ0) is 17.3. The van der Waals surface area contributed by atoms with Gasteiger partial charge in [-0.1, -0.05) is 30.3 Å². The third kappa shape index (κ3) is 3.61. The van der Waals surface area contributed by atoms with Gasteiger partial charge in [-0.25, -0.2) is 10.0 Å². The third-order valence-corrected chi connectivity index (χ3v) is 6.29. The number of quaternary nitrogens is 1. The molecule has 1 aliphatic rings. The normalized spacial score (nSPS) is 24.0. The maximum atomic E-state index is 12.5. The summed E-state index contributed by atoms with van der Waals surface area (Å²) >= 11 is 4.97. The van der Waals surface area contributed by atoms with Gasteiger partial charge in [0, 0.05) is 27.8 Å². The van der Waals surface area contributed by atoms with E-state index < -0.39 is 16.8 Å². The first kappa shape index (κ1) is 17.7. The largest absolute Gasteiger partial charge is 0.591 e. The molecule has 0 spiro atoms. The molecule has 1 aromatic carbocycles. The Labute approximate surface area is 153 Å². The van der Waals surface area contributed by atoms with Crippen molar-refractivity contribution in [2.24, 2.45) is 0 Å². The van der Waals surface area contributed by atoms with Crippen LogP contribution in [0.5, 0.6) is 0 Å². The molecule has 0 radical (unpaired) electrons. The first-order chi connectivity index (χ1) is 11.4. The summed E-state index contributed by atoms with van der Waals surface area (Å²) in [5.41, 5.74) is 1.15. The van der Waals surface area contributed by atoms with Crippen LogP contribution in [0.1, 0.15) is 23.3 Å². The predicted octanol–water partition coefficient (Wildman–Crippen LogP) is 3.73. The van der Waals surface area contributed by atoms with Crippen molar-refractivity contribution in [1.29, 1.82) is 0 Å². The van der Waals surface area contributed by atoms with Crippen molar-refractivity contribution in [1.82, 2.24) is 4.90 Å². The van der Waals surface area contributed by atoms with Crippen molar-refractivity contribution in [2.45, 2.75) is 25.4 Å². The molecule has 0 bridgehead atoms. The molecule has 0 saturated carbocycles. The molecule has 1 aliphatic heterocycles. The van der Waals surface area contributed by atoms with Crippen LogP contribution in [0.25, 0.3) is 0 Å². The molecule has 5 nitrogen and oxygen atoms in total. The molecule has 3 rings (SSSR count). The van der Waals surface area contributed by atoms with Gasteiger partial charge in [0.15, 0.2) is 0 Å². The van der Waals surface area contributed by atoms with Crippen LogP contribution >= 0.6 is 27.3 Å². The first-order valence-corrected chi connectivity index (χ1v) is 9.39. The van der Waals surface area contributed by atoms with Gasteiger partial charge in [0.05, 0.1) is 19.4 Å². The second-order valence-electron chi connectivity index (χ2n) is 6.16. The van der Waals surface area contributed by atoms with Crippen LogP contribution in [-0.4, -0.2) is 40.0 Å². The molecule has 2 aromatic rings. The van der Waals surface area contributed by atoms with Crippen molar-refractivity contribution >= 4 is 33.2 Å². The summed E-state index contributed by atoms with van der Waals surface area (Å²) in [5.74, 6) is -0.946. The van der Waals surface area contributed by atoms with Gasteiger partial charge in [-0.2, -0.15) is 0 Å². The fourth-order valence-electron chi connectivity index (χ4n) is 3.23. The van der Waals surface area contributed by atoms with Crippen molar-refractivity contribution in [3.63, 3.8) is 0 Å². The summed E-state index contributed by atoms with van der Waals surface area (Å²) in [5, 5.41) is 24.7. The molecular formula is C17H19BrN2O3S. The average molecular weight is 411 g/mol. The molecule has 1 fully saturated rings. The number of likely N-dealkylation sites (tertiary alicyclic amines) is 1. The van der Waals surface area contributed by atoms with Crippen molar-refractivity contribution in [3.8, 4) is 0 Å². The molecular weight excluding hydrogens is 392 g/mol. The average Bonchev–Trinajstić information content (AvgIpc) is 3.14. The molecule has 3 unspecified atom stereocenters. The summed E-state index contributed by atoms with van der Waals surface area (Å²) in [7, 11) is 0. The van der Waals surface area contributed by atoms with Gasteiger partial charge in [-0.3, -0.25) is 4.90 Å². The number of amides is 1. The lowest BCUT2D eigenvalue weighted by atomic mass is 10.0. The highest BCUT2D eigenvalue weighted by Gasteiger charge is 2.47. The minimum atomic E-state index is -1.81. The molecule has 1 N–H and O–H groups in total. The molecule has 24 heavy (non-hydrogen) atoms. The Morgan fingerprint density at radius 3 is 2.71 bits per heavy atom. The Balaban J connectivity index is 1.85. The molecule has 0 aliphatic carbocycles. The SMILES string of the molecule is CC(=O)[N+]([O-])(O)C1CN(Cc2ccccc2)CC1c1cc(Br)cs1. The minimum Gasteiger partial charge on any atom is -0.591 e. The van der Waals surface area contributed by atoms with E-state index >= 15 is 0 Å². The number of halogens is 1. The van der Waals surface area contributed by atoms with Gasteiger partial charge < -0.3 is 5.21 Å². The number of benzene rings is 1. The fourth-order valence-corrected chi connectivity index (χ4v) is 4.82. The van der Waals surface area contributed by atoms with Crippen molar-refractivity contribution < 1.29 is 14.8 Å². The number of hydroxylamine groups is 4. The minimum absolute atomic E-state index is 0.170. The lowest BCUT2D eigenvalue weighted by molar-refractivity contribution is -1.02. The standard InChI is InChI=1S/C17H19BrN2O3S/c1-12(21)20(22,23)16-10-19(8-13-5-3-2-4-6-13)9-15(16)17-7-14(18)11-24-17/h2-7,11,15-16,22H,8-10H2,1H3. The summed E-state index contributed by atoms with van der Waals surface area (Å²) in [6.07, 6.45) is 0. The van der Waals surface area contributed by atoms with Crippen LogP contribution in [0, 0.1) is 5.21 Å². The number of carbonyl (C=O) groups excluding carboxylic acids is 1. The number of nitrogens with zero attached hydrogens (tertiary/aromatic N) is 2. The quantitative estimate of drug-likeness (QED) is 0.473. The highest BCUT2D eigenvalue weighted by Crippen LogP contribution is 2.38. The number of carbonyl (C=O) groups is 1. The van der Waals surface area contributed by atoms with Crippen molar-refractivity contribution in [2.75, 3.05) is 13.1 Å². The maximum Gasteiger partial charge on any atom is 0.343 e. The number of hydrogen-bond acceptors (Lipinski definition) is 5. The zero-order valence-corrected chi connectivity index (χ0v) is 15.7. The van der Waals surface area contributed by atoms with Gasteiger partial charge >= 0.3 is 5.91 Å². The van der Waals surface area contributed by atoms with E-state index in [1.165, 1.54) is 0 Å². The third-order valence-electron chi connectivity index (χ3n) is 4.47. The highest BCUT2D eigenvalue weighted by atomic mass is 79.9. The van der Waals surface area contributed by atoms with E-state index in [1.807, 2.05) is 41.8 Å². The van der Waals surface area contributed by atoms with Gasteiger partial charge in [0.1, 0.15) is 6.04 Å². The molecule has 1 saturated heterocycles. The van der Waals surface area contributed by atoms with Crippen LogP contribution in [0.4, 0.5) is 0 Å². The highest BCUT2D eigenvalue weighted by molar-refractivity contribution is 9.10. The van der Waals surface area contributed by atoms with E-state index in [2.05, 4.69) is 20.8 Å². The monoisotopic (exact) mass is 410 g/mol. The summed E-state index contributed by atoms with van der Waals surface area (Å²) in [6.45, 7) is 2.86. The van der Waals surface area contributed by atoms with Crippen LogP contribution < -0.4 is 0 Å². The van der Waals surface area contributed by atoms with Crippen molar-refractivity contribution in [3.05, 3.63) is 61.9 Å². The first-order valence-electron chi connectivity index (χ1n) is 7.71. The van der Waals surface area contributed by atoms with E-state index in [0.717, 1.165) is 21.8 Å². The molecule has 2 heterocycles. The number of thiophene rings is 1. The lowest BCUT2D eigenvalue weighted by Crippen LogP contribution is -2.54. The molecule has 128 valence electrons. The second kappa shape index (κ2) is 7.03. The zero-order valence-electron chi connectivity index (χ0n) is 13.3. The molecule has 1 amide bonds. The lowest BCUT2D eigenvalue weighted by Gasteiger charge is -2.37. The van der Waals surface area contributed by atoms with E-state index in [0.29, 0.717) is 19.6 Å². The number of rotatable bonds is 4. The van der Waals surface area contributed by atoms with Crippen LogP contribution in [0.2, 0.25) is 0 Å². The van der Waals surface area contributed by atoms with Gasteiger partial charge in [-0.05, 0) is 27.6 Å². The van der Waals surface area contributed by atoms with Gasteiger partial charge in [-0.15, -0.1) is 16.1 Å². The van der Waals surface area contributed by atoms with Gasteiger partial charge in [0.25, 0.3) is 0 Å². The van der Waals surface area contributed by atoms with Crippen LogP contribution in [-0.2, 0) is 11.3 Å². The predicted molar refractivity (Wildman–Crippen MR) is 96.4 cm³/mol. The topological polar surface area (TPSA) is 63.6 Å². The Morgan fingerprint density at radius 1 is 1.42 bits per heavy atom. The van der Waals surface area contributed by atoms with Gasteiger partial charge in [0.2, 0.25) is 0 Å². The summed E-state index contributed by atoms with van der Waals surface area (Å²) < 4.78 is 0.951. The van der Waals surface area contributed by atoms with E-state index in [9.17, 15) is 15.2 Å². The Morgan fingerprint density at radius 2 is 2.12 bits per heavy atom. The molecule has 1 aromatic heterocycles. The van der Waals surface area contributed by atoms with E-state index in [4.69, 9.17) is 0 Å². The second-order valence-corrected chi connectivity index (χ2v) is 8.02. The summed E-state index contributed by atoms with van der Waals surface area (Å²) in [6, 6.07) is 11.2. The number of hydrogen-bond donors (Lipinski definition) is 1. The van der Waals surface area contributed by atoms with Crippen LogP contribution in [0.15, 0.2) is 46.3 Å². The van der Waals surface area contributed by atoms with E-state index in [1.54, 1.807) is 11.3 Å². The smallest absolute Gasteiger partial charge is 0.343 e. The molecule has 3 atom stereocenters. The maximum absolute atomic E-state index is 12.5. The Kier molecular flexibility index (Phi) is 5.19. The summed E-state index contributed by atoms with van der Waals surface area (Å²) in [4.78, 5) is 13.0. The van der Waals surface area contributed by atoms with Crippen LogP contribution in [0.3, 0.4) is 0 Å². The Bertz CT molecular complexity index is 720. The Hall–Kier alpha value is -1.09. The van der Waals surface area contributed by atoms with E-state index in [-0.39, 0.29) is 5.92 Å².